The number of nitrogens with one attached hydrogen (secondary N) is 1. The number of aliphatic imine (C=N–C) groups is 1. The topological polar surface area (TPSA) is 96.9 Å². The van der Waals surface area contributed by atoms with Gasteiger partial charge in [-0.3, -0.25) is 9.79 Å². The molecule has 1 aromatic carbocycles. The van der Waals surface area contributed by atoms with E-state index < -0.39 is 5.97 Å². The minimum atomic E-state index is -0.871. The lowest BCUT2D eigenvalue weighted by Gasteiger charge is -2.19. The van der Waals surface area contributed by atoms with Gasteiger partial charge in [0.15, 0.2) is 0 Å². The van der Waals surface area contributed by atoms with Crippen LogP contribution >= 0.6 is 0 Å². The van der Waals surface area contributed by atoms with Crippen LogP contribution in [0.4, 0.5) is 0 Å². The van der Waals surface area contributed by atoms with Crippen LogP contribution in [-0.4, -0.2) is 42.6 Å². The maximum atomic E-state index is 10.4. The van der Waals surface area contributed by atoms with Gasteiger partial charge < -0.3 is 20.9 Å². The van der Waals surface area contributed by atoms with Gasteiger partial charge in [-0.15, -0.1) is 0 Å². The molecule has 2 rings (SSSR count). The van der Waals surface area contributed by atoms with Gasteiger partial charge in [0, 0.05) is 12.1 Å². The Labute approximate surface area is 124 Å². The summed E-state index contributed by atoms with van der Waals surface area (Å²) in [5.74, 6) is 0.289. The fourth-order valence-electron chi connectivity index (χ4n) is 2.19. The lowest BCUT2D eigenvalue weighted by molar-refractivity contribution is -0.137. The molecule has 1 aromatic rings. The van der Waals surface area contributed by atoms with Crippen LogP contribution in [0.25, 0.3) is 0 Å². The molecule has 0 aromatic heterocycles. The number of carboxylic acid groups (broad SMARTS) is 1. The van der Waals surface area contributed by atoms with Crippen molar-refractivity contribution >= 4 is 11.8 Å². The summed E-state index contributed by atoms with van der Waals surface area (Å²) in [5, 5.41) is 11.8. The minimum Gasteiger partial charge on any atom is -0.493 e. The second kappa shape index (κ2) is 7.64. The molecule has 0 spiro atoms. The quantitative estimate of drug-likeness (QED) is 0.536. The molecule has 0 aliphatic carbocycles. The molecule has 0 radical (unpaired) electrons. The number of hydrogen-bond acceptors (Lipinski definition) is 4. The zero-order chi connectivity index (χ0) is 15.1. The fourth-order valence-corrected chi connectivity index (χ4v) is 2.19. The van der Waals surface area contributed by atoms with Gasteiger partial charge >= 0.3 is 5.97 Å². The molecular weight excluding hydrogens is 270 g/mol. The summed E-state index contributed by atoms with van der Waals surface area (Å²) in [5.41, 5.74) is 6.87. The molecule has 21 heavy (non-hydrogen) atoms. The van der Waals surface area contributed by atoms with E-state index >= 15 is 0 Å². The number of ether oxygens (including phenoxy) is 1. The zero-order valence-corrected chi connectivity index (χ0v) is 11.9. The molecule has 4 N–H and O–H groups in total. The number of hydrogen-bond donors (Lipinski definition) is 3. The molecule has 1 aliphatic rings. The average Bonchev–Trinajstić information content (AvgIpc) is 2.48. The minimum absolute atomic E-state index is 0.0139. The van der Waals surface area contributed by atoms with Crippen molar-refractivity contribution in [2.45, 2.75) is 25.3 Å². The third kappa shape index (κ3) is 5.07. The summed E-state index contributed by atoms with van der Waals surface area (Å²) >= 11 is 0. The van der Waals surface area contributed by atoms with Gasteiger partial charge in [-0.05, 0) is 43.7 Å². The van der Waals surface area contributed by atoms with Crippen LogP contribution in [0.1, 0.15) is 24.8 Å². The number of carbonyl (C=O) groups is 1. The Kier molecular flexibility index (Phi) is 5.57. The summed E-state index contributed by atoms with van der Waals surface area (Å²) in [6.45, 7) is 2.08. The summed E-state index contributed by atoms with van der Waals surface area (Å²) in [6, 6.07) is 7.47. The third-order valence-electron chi connectivity index (χ3n) is 3.33. The van der Waals surface area contributed by atoms with Crippen LogP contribution in [0.2, 0.25) is 0 Å². The van der Waals surface area contributed by atoms with Gasteiger partial charge in [0.1, 0.15) is 11.6 Å². The molecule has 1 saturated heterocycles. The van der Waals surface area contributed by atoms with Crippen LogP contribution in [0.15, 0.2) is 29.3 Å². The van der Waals surface area contributed by atoms with Crippen molar-refractivity contribution in [3.05, 3.63) is 29.8 Å². The maximum Gasteiger partial charge on any atom is 0.306 e. The van der Waals surface area contributed by atoms with E-state index in [0.717, 1.165) is 31.5 Å². The van der Waals surface area contributed by atoms with E-state index in [1.165, 1.54) is 0 Å². The first-order valence-corrected chi connectivity index (χ1v) is 7.14. The Morgan fingerprint density at radius 2 is 2.19 bits per heavy atom. The van der Waals surface area contributed by atoms with Gasteiger partial charge in [-0.2, -0.15) is 0 Å². The number of nitrogens with zero attached hydrogens (tertiary/aromatic N) is 1. The van der Waals surface area contributed by atoms with Crippen molar-refractivity contribution in [3.8, 4) is 5.75 Å². The van der Waals surface area contributed by atoms with E-state index in [2.05, 4.69) is 10.3 Å². The first-order chi connectivity index (χ1) is 10.1. The van der Waals surface area contributed by atoms with Crippen molar-refractivity contribution in [1.29, 1.82) is 0 Å². The van der Waals surface area contributed by atoms with Crippen molar-refractivity contribution in [1.82, 2.24) is 5.32 Å². The SMILES string of the molecule is NC(=N[C@H]1CCCNC1)c1ccc(OCCC(=O)O)cc1. The standard InChI is InChI=1S/C15H21N3O3/c16-15(18-12-2-1-8-17-10-12)11-3-5-13(6-4-11)21-9-7-14(19)20/h3-6,12,17H,1-2,7-10H2,(H2,16,18)(H,19,20)/t12-/m0/s1. The molecule has 6 nitrogen and oxygen atoms in total. The number of carboxylic acids is 1. The molecule has 1 atom stereocenters. The van der Waals surface area contributed by atoms with Gasteiger partial charge in [-0.1, -0.05) is 0 Å². The Hall–Kier alpha value is -2.08. The molecule has 1 heterocycles. The normalized spacial score (nSPS) is 19.2. The van der Waals surface area contributed by atoms with E-state index in [1.54, 1.807) is 12.1 Å². The van der Waals surface area contributed by atoms with Crippen LogP contribution in [0.3, 0.4) is 0 Å². The van der Waals surface area contributed by atoms with E-state index in [-0.39, 0.29) is 19.1 Å². The second-order valence-corrected chi connectivity index (χ2v) is 5.03. The second-order valence-electron chi connectivity index (χ2n) is 5.03. The van der Waals surface area contributed by atoms with E-state index in [1.807, 2.05) is 12.1 Å². The van der Waals surface area contributed by atoms with Crippen LogP contribution in [0.5, 0.6) is 5.75 Å². The molecular formula is C15H21N3O3. The number of benzene rings is 1. The summed E-state index contributed by atoms with van der Waals surface area (Å²) in [4.78, 5) is 14.9. The van der Waals surface area contributed by atoms with Gasteiger partial charge in [0.05, 0.1) is 19.1 Å². The Balaban J connectivity index is 1.91. The van der Waals surface area contributed by atoms with Crippen molar-refractivity contribution in [2.24, 2.45) is 10.7 Å². The molecule has 0 unspecified atom stereocenters. The monoisotopic (exact) mass is 291 g/mol. The number of aliphatic carboxylic acids is 1. The average molecular weight is 291 g/mol. The summed E-state index contributed by atoms with van der Waals surface area (Å²) in [6.07, 6.45) is 2.17. The fraction of sp³-hybridized carbons (Fsp3) is 0.467. The van der Waals surface area contributed by atoms with Crippen molar-refractivity contribution < 1.29 is 14.6 Å². The van der Waals surface area contributed by atoms with E-state index in [4.69, 9.17) is 15.6 Å². The van der Waals surface area contributed by atoms with Gasteiger partial charge in [0.2, 0.25) is 0 Å². The highest BCUT2D eigenvalue weighted by Gasteiger charge is 2.12. The molecule has 0 bridgehead atoms. The van der Waals surface area contributed by atoms with E-state index in [0.29, 0.717) is 11.6 Å². The number of piperidine rings is 1. The number of rotatable bonds is 6. The first kappa shape index (κ1) is 15.3. The van der Waals surface area contributed by atoms with Crippen LogP contribution in [-0.2, 0) is 4.79 Å². The molecule has 0 saturated carbocycles. The van der Waals surface area contributed by atoms with Crippen LogP contribution in [0, 0.1) is 0 Å². The largest absolute Gasteiger partial charge is 0.493 e. The zero-order valence-electron chi connectivity index (χ0n) is 11.9. The maximum absolute atomic E-state index is 10.4. The van der Waals surface area contributed by atoms with Crippen LogP contribution < -0.4 is 15.8 Å². The highest BCUT2D eigenvalue weighted by Crippen LogP contribution is 2.13. The van der Waals surface area contributed by atoms with Gasteiger partial charge in [-0.25, -0.2) is 0 Å². The Morgan fingerprint density at radius 3 is 2.81 bits per heavy atom. The first-order valence-electron chi connectivity index (χ1n) is 7.14. The highest BCUT2D eigenvalue weighted by atomic mass is 16.5. The lowest BCUT2D eigenvalue weighted by atomic mass is 10.1. The molecule has 0 amide bonds. The smallest absolute Gasteiger partial charge is 0.306 e. The number of nitrogens with two attached hydrogens (primary N) is 1. The predicted octanol–water partition coefficient (Wildman–Crippen LogP) is 0.997. The molecule has 114 valence electrons. The molecule has 6 heteroatoms. The third-order valence-corrected chi connectivity index (χ3v) is 3.33. The Bertz CT molecular complexity index is 493. The van der Waals surface area contributed by atoms with Gasteiger partial charge in [0.25, 0.3) is 0 Å². The molecule has 1 aliphatic heterocycles. The molecule has 1 fully saturated rings. The van der Waals surface area contributed by atoms with Crippen molar-refractivity contribution in [2.75, 3.05) is 19.7 Å². The van der Waals surface area contributed by atoms with Crippen molar-refractivity contribution in [3.63, 3.8) is 0 Å². The summed E-state index contributed by atoms with van der Waals surface area (Å²) < 4.78 is 5.33. The van der Waals surface area contributed by atoms with E-state index in [9.17, 15) is 4.79 Å². The Morgan fingerprint density at radius 1 is 1.43 bits per heavy atom. The highest BCUT2D eigenvalue weighted by molar-refractivity contribution is 5.97. The summed E-state index contributed by atoms with van der Waals surface area (Å²) in [7, 11) is 0. The predicted molar refractivity (Wildman–Crippen MR) is 80.8 cm³/mol. The lowest BCUT2D eigenvalue weighted by Crippen LogP contribution is -2.34. The number of amidine groups is 1.